The van der Waals surface area contributed by atoms with E-state index in [0.29, 0.717) is 36.9 Å². The molecule has 0 saturated carbocycles. The van der Waals surface area contributed by atoms with Crippen LogP contribution in [0.4, 0.5) is 5.88 Å². The molecule has 0 amide bonds. The lowest BCUT2D eigenvalue weighted by atomic mass is 9.73. The number of hydrogen-bond acceptors (Lipinski definition) is 6. The summed E-state index contributed by atoms with van der Waals surface area (Å²) < 4.78 is 17.6. The van der Waals surface area contributed by atoms with E-state index < -0.39 is 7.12 Å². The van der Waals surface area contributed by atoms with Crippen molar-refractivity contribution in [3.63, 3.8) is 0 Å². The zero-order valence-electron chi connectivity index (χ0n) is 14.5. The van der Waals surface area contributed by atoms with Gasteiger partial charge in [-0.1, -0.05) is 26.0 Å². The molecule has 3 rings (SSSR count). The molecule has 7 heteroatoms. The van der Waals surface area contributed by atoms with Crippen molar-refractivity contribution in [3.8, 4) is 6.07 Å². The molecule has 1 aliphatic heterocycles. The normalized spacial score (nSPS) is 17.2. The highest BCUT2D eigenvalue weighted by atomic mass is 16.6. The van der Waals surface area contributed by atoms with E-state index in [1.54, 1.807) is 0 Å². The van der Waals surface area contributed by atoms with Gasteiger partial charge in [0.2, 0.25) is 5.88 Å². The topological polar surface area (TPSA) is 70.7 Å². The van der Waals surface area contributed by atoms with Gasteiger partial charge >= 0.3 is 7.12 Å². The van der Waals surface area contributed by atoms with Crippen molar-refractivity contribution in [1.29, 1.82) is 5.26 Å². The minimum absolute atomic E-state index is 0.00270. The van der Waals surface area contributed by atoms with Gasteiger partial charge in [-0.3, -0.25) is 4.90 Å². The molecule has 24 heavy (non-hydrogen) atoms. The second kappa shape index (κ2) is 6.48. The van der Waals surface area contributed by atoms with E-state index in [-0.39, 0.29) is 5.41 Å². The van der Waals surface area contributed by atoms with Crippen molar-refractivity contribution < 1.29 is 13.7 Å². The number of fused-ring (bicyclic) bond motifs is 1. The molecule has 2 aromatic rings. The SMILES string of the molecule is CN(C)CNc1oc2cccc(B3OCC(C)(C)CO3)c2c1C#N. The predicted octanol–water partition coefficient (Wildman–Crippen LogP) is 2.00. The molecule has 2 heterocycles. The Kier molecular flexibility index (Phi) is 4.55. The molecule has 1 aromatic carbocycles. The summed E-state index contributed by atoms with van der Waals surface area (Å²) in [5.74, 6) is 0.477. The second-order valence-electron chi connectivity index (χ2n) is 7.17. The molecular formula is C17H22BN3O3. The van der Waals surface area contributed by atoms with Gasteiger partial charge in [0.05, 0.1) is 6.67 Å². The number of rotatable bonds is 4. The summed E-state index contributed by atoms with van der Waals surface area (Å²) in [5, 5.41) is 13.5. The number of hydrogen-bond donors (Lipinski definition) is 1. The van der Waals surface area contributed by atoms with Crippen LogP contribution in [-0.4, -0.2) is 46.0 Å². The quantitative estimate of drug-likeness (QED) is 0.684. The summed E-state index contributed by atoms with van der Waals surface area (Å²) in [5.41, 5.74) is 1.97. The fourth-order valence-electron chi connectivity index (χ4n) is 2.70. The molecule has 0 bridgehead atoms. The highest BCUT2D eigenvalue weighted by Crippen LogP contribution is 2.30. The van der Waals surface area contributed by atoms with Gasteiger partial charge in [0, 0.05) is 24.0 Å². The lowest BCUT2D eigenvalue weighted by Gasteiger charge is -2.33. The summed E-state index contributed by atoms with van der Waals surface area (Å²) in [6, 6.07) is 7.93. The molecule has 1 fully saturated rings. The standard InChI is InChI=1S/C17H22BN3O3/c1-17(2)9-22-18(23-10-17)13-6-5-7-14-15(13)12(8-19)16(24-14)20-11-21(3)4/h5-7,20H,9-11H2,1-4H3. The average Bonchev–Trinajstić information content (AvgIpc) is 2.90. The van der Waals surface area contributed by atoms with Gasteiger partial charge in [-0.2, -0.15) is 5.26 Å². The van der Waals surface area contributed by atoms with E-state index >= 15 is 0 Å². The average molecular weight is 327 g/mol. The van der Waals surface area contributed by atoms with Crippen molar-refractivity contribution >= 4 is 29.4 Å². The summed E-state index contributed by atoms with van der Waals surface area (Å²) in [6.45, 7) is 6.00. The van der Waals surface area contributed by atoms with Crippen LogP contribution in [-0.2, 0) is 9.31 Å². The third-order valence-corrected chi connectivity index (χ3v) is 3.92. The second-order valence-corrected chi connectivity index (χ2v) is 7.17. The molecule has 0 spiro atoms. The molecule has 0 unspecified atom stereocenters. The van der Waals surface area contributed by atoms with Crippen molar-refractivity contribution in [1.82, 2.24) is 4.90 Å². The van der Waals surface area contributed by atoms with Crippen LogP contribution in [0.15, 0.2) is 22.6 Å². The number of benzene rings is 1. The smallest absolute Gasteiger partial charge is 0.439 e. The zero-order chi connectivity index (χ0) is 17.3. The maximum Gasteiger partial charge on any atom is 0.494 e. The van der Waals surface area contributed by atoms with Crippen LogP contribution in [0.2, 0.25) is 0 Å². The third kappa shape index (κ3) is 3.27. The summed E-state index contributed by atoms with van der Waals surface area (Å²) in [6.07, 6.45) is 0. The highest BCUT2D eigenvalue weighted by Gasteiger charge is 2.35. The molecule has 0 atom stereocenters. The zero-order valence-corrected chi connectivity index (χ0v) is 14.5. The van der Waals surface area contributed by atoms with Gasteiger partial charge in [0.1, 0.15) is 17.2 Å². The van der Waals surface area contributed by atoms with E-state index in [0.717, 1.165) is 10.8 Å². The Labute approximate surface area is 142 Å². The van der Waals surface area contributed by atoms with Crippen LogP contribution >= 0.6 is 0 Å². The van der Waals surface area contributed by atoms with E-state index in [1.807, 2.05) is 37.2 Å². The van der Waals surface area contributed by atoms with Crippen molar-refractivity contribution in [2.45, 2.75) is 13.8 Å². The molecule has 1 saturated heterocycles. The van der Waals surface area contributed by atoms with Gasteiger partial charge in [-0.15, -0.1) is 0 Å². The van der Waals surface area contributed by atoms with Crippen LogP contribution in [0, 0.1) is 16.7 Å². The fraction of sp³-hybridized carbons (Fsp3) is 0.471. The molecular weight excluding hydrogens is 305 g/mol. The first kappa shape index (κ1) is 16.8. The Balaban J connectivity index is 1.99. The van der Waals surface area contributed by atoms with Crippen LogP contribution in [0.1, 0.15) is 19.4 Å². The van der Waals surface area contributed by atoms with Crippen LogP contribution in [0.3, 0.4) is 0 Å². The Morgan fingerprint density at radius 3 is 2.62 bits per heavy atom. The largest absolute Gasteiger partial charge is 0.494 e. The van der Waals surface area contributed by atoms with Crippen LogP contribution in [0.5, 0.6) is 0 Å². The van der Waals surface area contributed by atoms with Crippen LogP contribution < -0.4 is 10.8 Å². The summed E-state index contributed by atoms with van der Waals surface area (Å²) in [7, 11) is 3.41. The van der Waals surface area contributed by atoms with Crippen molar-refractivity contribution in [2.75, 3.05) is 39.3 Å². The highest BCUT2D eigenvalue weighted by molar-refractivity contribution is 6.64. The number of furan rings is 1. The Morgan fingerprint density at radius 2 is 2.00 bits per heavy atom. The first-order valence-electron chi connectivity index (χ1n) is 7.98. The molecule has 1 aromatic heterocycles. The van der Waals surface area contributed by atoms with E-state index in [9.17, 15) is 5.26 Å². The van der Waals surface area contributed by atoms with Crippen molar-refractivity contribution in [3.05, 3.63) is 23.8 Å². The minimum atomic E-state index is -0.479. The van der Waals surface area contributed by atoms with Gasteiger partial charge < -0.3 is 19.0 Å². The fourth-order valence-corrected chi connectivity index (χ4v) is 2.70. The Hall–Kier alpha value is -2.01. The Bertz CT molecular complexity index is 769. The van der Waals surface area contributed by atoms with E-state index in [4.69, 9.17) is 13.7 Å². The van der Waals surface area contributed by atoms with Gasteiger partial charge in [-0.05, 0) is 25.6 Å². The first-order chi connectivity index (χ1) is 11.4. The lowest BCUT2D eigenvalue weighted by molar-refractivity contribution is 0.0344. The molecule has 1 N–H and O–H groups in total. The van der Waals surface area contributed by atoms with Gasteiger partial charge in [-0.25, -0.2) is 0 Å². The van der Waals surface area contributed by atoms with E-state index in [2.05, 4.69) is 25.2 Å². The van der Waals surface area contributed by atoms with Crippen molar-refractivity contribution in [2.24, 2.45) is 5.41 Å². The molecule has 6 nitrogen and oxygen atoms in total. The molecule has 1 aliphatic rings. The number of nitrogens with one attached hydrogen (secondary N) is 1. The van der Waals surface area contributed by atoms with Gasteiger partial charge in [0.15, 0.2) is 0 Å². The summed E-state index contributed by atoms with van der Waals surface area (Å²) in [4.78, 5) is 1.96. The number of anilines is 1. The molecule has 0 aliphatic carbocycles. The monoisotopic (exact) mass is 327 g/mol. The summed E-state index contributed by atoms with van der Waals surface area (Å²) >= 11 is 0. The maximum absolute atomic E-state index is 9.63. The molecule has 126 valence electrons. The maximum atomic E-state index is 9.63. The third-order valence-electron chi connectivity index (χ3n) is 3.92. The lowest BCUT2D eigenvalue weighted by Crippen LogP contribution is -2.47. The van der Waals surface area contributed by atoms with Gasteiger partial charge in [0.25, 0.3) is 0 Å². The van der Waals surface area contributed by atoms with E-state index in [1.165, 1.54) is 0 Å². The van der Waals surface area contributed by atoms with Crippen LogP contribution in [0.25, 0.3) is 11.0 Å². The minimum Gasteiger partial charge on any atom is -0.439 e. The first-order valence-corrected chi connectivity index (χ1v) is 7.98. The Morgan fingerprint density at radius 1 is 1.29 bits per heavy atom. The molecule has 0 radical (unpaired) electrons. The predicted molar refractivity (Wildman–Crippen MR) is 94.2 cm³/mol. The number of nitriles is 1. The number of nitrogens with zero attached hydrogens (tertiary/aromatic N) is 2.